The molecule has 96 valence electrons. The Bertz CT molecular complexity index is 341. The van der Waals surface area contributed by atoms with Crippen molar-refractivity contribution in [3.05, 3.63) is 11.8 Å². The molecule has 17 heavy (non-hydrogen) atoms. The fraction of sp³-hybridized carbons (Fsp3) is 0.667. The van der Waals surface area contributed by atoms with Crippen molar-refractivity contribution < 1.29 is 19.4 Å². The molecule has 0 aromatic carbocycles. The molecule has 0 bridgehead atoms. The highest BCUT2D eigenvalue weighted by atomic mass is 16.6. The predicted molar refractivity (Wildman–Crippen MR) is 62.7 cm³/mol. The predicted octanol–water partition coefficient (Wildman–Crippen LogP) is 1.93. The van der Waals surface area contributed by atoms with Gasteiger partial charge in [0, 0.05) is 25.5 Å². The fourth-order valence-corrected chi connectivity index (χ4v) is 1.64. The maximum Gasteiger partial charge on any atom is 0.407 e. The van der Waals surface area contributed by atoms with Crippen LogP contribution in [0.2, 0.25) is 0 Å². The number of hydrogen-bond acceptors (Lipinski definition) is 4. The molecule has 5 nitrogen and oxygen atoms in total. The van der Waals surface area contributed by atoms with E-state index in [2.05, 4.69) is 5.32 Å². The maximum atomic E-state index is 11.4. The number of amides is 1. The van der Waals surface area contributed by atoms with Crippen molar-refractivity contribution in [1.82, 2.24) is 5.32 Å². The van der Waals surface area contributed by atoms with Gasteiger partial charge in [-0.3, -0.25) is 4.79 Å². The number of ether oxygens (including phenoxy) is 1. The Kier molecular flexibility index (Phi) is 4.15. The second-order valence-electron chi connectivity index (χ2n) is 5.26. The highest BCUT2D eigenvalue weighted by Gasteiger charge is 2.22. The topological polar surface area (TPSA) is 75.6 Å². The second-order valence-corrected chi connectivity index (χ2v) is 5.26. The molecular formula is C12H19NO4. The first kappa shape index (κ1) is 13.5. The van der Waals surface area contributed by atoms with Crippen molar-refractivity contribution in [2.45, 2.75) is 39.2 Å². The van der Waals surface area contributed by atoms with Crippen LogP contribution in [0.3, 0.4) is 0 Å². The van der Waals surface area contributed by atoms with Crippen LogP contribution in [-0.4, -0.2) is 29.1 Å². The molecule has 5 heteroatoms. The Hall–Kier alpha value is -1.52. The molecule has 1 aliphatic rings. The third-order valence-electron chi connectivity index (χ3n) is 2.25. The monoisotopic (exact) mass is 241 g/mol. The molecule has 0 heterocycles. The van der Waals surface area contributed by atoms with Crippen molar-refractivity contribution in [1.29, 1.82) is 0 Å². The number of aliphatic hydroxyl groups excluding tert-OH is 1. The van der Waals surface area contributed by atoms with Crippen LogP contribution in [-0.2, 0) is 9.53 Å². The number of alkyl carbamates (subject to hydrolysis) is 1. The average Bonchev–Trinajstić information content (AvgIpc) is 2.10. The van der Waals surface area contributed by atoms with E-state index in [0.29, 0.717) is 19.4 Å². The molecule has 1 rings (SSSR count). The van der Waals surface area contributed by atoms with Gasteiger partial charge in [-0.05, 0) is 26.7 Å². The van der Waals surface area contributed by atoms with Crippen LogP contribution < -0.4 is 5.32 Å². The summed E-state index contributed by atoms with van der Waals surface area (Å²) in [5, 5.41) is 11.9. The molecule has 1 aliphatic carbocycles. The molecule has 0 saturated heterocycles. The summed E-state index contributed by atoms with van der Waals surface area (Å²) in [5.74, 6) is -0.0815. The zero-order chi connectivity index (χ0) is 13.1. The number of allylic oxidation sites excluding steroid dienone is 2. The average molecular weight is 241 g/mol. The van der Waals surface area contributed by atoms with Gasteiger partial charge in [0.1, 0.15) is 5.60 Å². The highest BCUT2D eigenvalue weighted by Crippen LogP contribution is 2.19. The third kappa shape index (κ3) is 5.38. The number of carbonyl (C=O) groups is 2. The molecular weight excluding hydrogens is 222 g/mol. The van der Waals surface area contributed by atoms with Crippen LogP contribution in [0.25, 0.3) is 0 Å². The Balaban J connectivity index is 2.35. The minimum absolute atomic E-state index is 0.0555. The van der Waals surface area contributed by atoms with Crippen LogP contribution in [0.1, 0.15) is 33.6 Å². The van der Waals surface area contributed by atoms with Crippen LogP contribution in [0.5, 0.6) is 0 Å². The van der Waals surface area contributed by atoms with Crippen molar-refractivity contribution in [3.8, 4) is 0 Å². The van der Waals surface area contributed by atoms with Crippen molar-refractivity contribution >= 4 is 11.9 Å². The Morgan fingerprint density at radius 3 is 2.71 bits per heavy atom. The van der Waals surface area contributed by atoms with Gasteiger partial charge in [-0.25, -0.2) is 4.79 Å². The minimum Gasteiger partial charge on any atom is -0.512 e. The largest absolute Gasteiger partial charge is 0.512 e. The number of nitrogens with one attached hydrogen (secondary N) is 1. The molecule has 0 spiro atoms. The summed E-state index contributed by atoms with van der Waals surface area (Å²) in [6.45, 7) is 5.68. The summed E-state index contributed by atoms with van der Waals surface area (Å²) < 4.78 is 5.07. The van der Waals surface area contributed by atoms with Crippen LogP contribution in [0.15, 0.2) is 11.8 Å². The summed E-state index contributed by atoms with van der Waals surface area (Å²) in [4.78, 5) is 22.5. The lowest BCUT2D eigenvalue weighted by Crippen LogP contribution is -2.36. The van der Waals surface area contributed by atoms with Gasteiger partial charge in [-0.1, -0.05) is 0 Å². The third-order valence-corrected chi connectivity index (χ3v) is 2.25. The van der Waals surface area contributed by atoms with Crippen molar-refractivity contribution in [2.75, 3.05) is 6.54 Å². The number of hydrogen-bond donors (Lipinski definition) is 2. The van der Waals surface area contributed by atoms with E-state index in [0.717, 1.165) is 0 Å². The van der Waals surface area contributed by atoms with Gasteiger partial charge in [0.05, 0.1) is 5.76 Å². The van der Waals surface area contributed by atoms with E-state index < -0.39 is 11.7 Å². The van der Waals surface area contributed by atoms with E-state index in [1.165, 1.54) is 6.08 Å². The minimum atomic E-state index is -0.533. The van der Waals surface area contributed by atoms with Crippen LogP contribution >= 0.6 is 0 Å². The van der Waals surface area contributed by atoms with Gasteiger partial charge in [-0.2, -0.15) is 0 Å². The molecule has 0 fully saturated rings. The van der Waals surface area contributed by atoms with E-state index in [1.807, 2.05) is 0 Å². The lowest BCUT2D eigenvalue weighted by molar-refractivity contribution is -0.116. The molecule has 2 N–H and O–H groups in total. The SMILES string of the molecule is CC(C)(C)OC(=O)NCC1CC(=O)C=C(O)C1. The van der Waals surface area contributed by atoms with Gasteiger partial charge in [-0.15, -0.1) is 0 Å². The first-order chi connectivity index (χ1) is 7.76. The smallest absolute Gasteiger partial charge is 0.407 e. The fourth-order valence-electron chi connectivity index (χ4n) is 1.64. The standard InChI is InChI=1S/C12H19NO4/c1-12(2,3)17-11(16)13-7-8-4-9(14)6-10(15)5-8/h6,8,14H,4-5,7H2,1-3H3,(H,13,16). The summed E-state index contributed by atoms with van der Waals surface area (Å²) in [6.07, 6.45) is 1.50. The molecule has 0 aromatic heterocycles. The van der Waals surface area contributed by atoms with E-state index in [-0.39, 0.29) is 17.5 Å². The van der Waals surface area contributed by atoms with Crippen molar-refractivity contribution in [3.63, 3.8) is 0 Å². The number of aliphatic hydroxyl groups is 1. The number of carbonyl (C=O) groups excluding carboxylic acids is 2. The van der Waals surface area contributed by atoms with E-state index in [1.54, 1.807) is 20.8 Å². The first-order valence-electron chi connectivity index (χ1n) is 5.65. The zero-order valence-corrected chi connectivity index (χ0v) is 10.4. The highest BCUT2D eigenvalue weighted by molar-refractivity contribution is 5.91. The van der Waals surface area contributed by atoms with E-state index in [9.17, 15) is 14.7 Å². The number of ketones is 1. The van der Waals surface area contributed by atoms with Gasteiger partial charge in [0.2, 0.25) is 0 Å². The van der Waals surface area contributed by atoms with Crippen molar-refractivity contribution in [2.24, 2.45) is 5.92 Å². The Labute approximate surface area is 101 Å². The van der Waals surface area contributed by atoms with Gasteiger partial charge < -0.3 is 15.2 Å². The van der Waals surface area contributed by atoms with E-state index in [4.69, 9.17) is 4.74 Å². The molecule has 0 aliphatic heterocycles. The maximum absolute atomic E-state index is 11.4. The molecule has 1 atom stereocenters. The summed E-state index contributed by atoms with van der Waals surface area (Å²) in [6, 6.07) is 0. The zero-order valence-electron chi connectivity index (χ0n) is 10.4. The van der Waals surface area contributed by atoms with Gasteiger partial charge in [0.25, 0.3) is 0 Å². The quantitative estimate of drug-likeness (QED) is 0.774. The van der Waals surface area contributed by atoms with Crippen LogP contribution in [0, 0.1) is 5.92 Å². The molecule has 0 radical (unpaired) electrons. The lowest BCUT2D eigenvalue weighted by atomic mass is 9.92. The Morgan fingerprint density at radius 1 is 1.53 bits per heavy atom. The Morgan fingerprint density at radius 2 is 2.18 bits per heavy atom. The summed E-state index contributed by atoms with van der Waals surface area (Å²) in [5.41, 5.74) is -0.533. The molecule has 0 aromatic rings. The first-order valence-corrected chi connectivity index (χ1v) is 5.65. The lowest BCUT2D eigenvalue weighted by Gasteiger charge is -2.22. The summed E-state index contributed by atoms with van der Waals surface area (Å²) in [7, 11) is 0. The van der Waals surface area contributed by atoms with Gasteiger partial charge >= 0.3 is 6.09 Å². The second kappa shape index (κ2) is 5.21. The molecule has 1 unspecified atom stereocenters. The molecule has 0 saturated carbocycles. The van der Waals surface area contributed by atoms with Crippen LogP contribution in [0.4, 0.5) is 4.79 Å². The molecule has 1 amide bonds. The van der Waals surface area contributed by atoms with E-state index >= 15 is 0 Å². The number of rotatable bonds is 2. The normalized spacial score (nSPS) is 20.8. The van der Waals surface area contributed by atoms with Gasteiger partial charge in [0.15, 0.2) is 5.78 Å². The summed E-state index contributed by atoms with van der Waals surface area (Å²) >= 11 is 0.